The molecule has 0 bridgehead atoms. The lowest BCUT2D eigenvalue weighted by atomic mass is 10.1. The third-order valence-corrected chi connectivity index (χ3v) is 4.88. The Hall–Kier alpha value is -1.74. The Morgan fingerprint density at radius 1 is 1.15 bits per heavy atom. The zero-order valence-electron chi connectivity index (χ0n) is 11.0. The van der Waals surface area contributed by atoms with Crippen LogP contribution in [0.3, 0.4) is 0 Å². The zero-order valence-corrected chi connectivity index (χ0v) is 12.6. The molecule has 20 heavy (non-hydrogen) atoms. The summed E-state index contributed by atoms with van der Waals surface area (Å²) in [6.45, 7) is 2.98. The van der Waals surface area contributed by atoms with E-state index in [0.717, 1.165) is 14.6 Å². The van der Waals surface area contributed by atoms with Crippen molar-refractivity contribution in [2.45, 2.75) is 20.0 Å². The Morgan fingerprint density at radius 2 is 1.80 bits per heavy atom. The Balaban J connectivity index is 2.25. The van der Waals surface area contributed by atoms with Crippen LogP contribution >= 0.6 is 22.7 Å². The van der Waals surface area contributed by atoms with E-state index in [0.29, 0.717) is 4.88 Å². The maximum atomic E-state index is 11.9. The molecule has 5 heteroatoms. The van der Waals surface area contributed by atoms with Gasteiger partial charge in [0.25, 0.3) is 0 Å². The second-order valence-electron chi connectivity index (χ2n) is 4.08. The Morgan fingerprint density at radius 3 is 2.45 bits per heavy atom. The number of aliphatic hydroxyl groups is 1. The smallest absolute Gasteiger partial charge is 0.208 e. The fourth-order valence-electron chi connectivity index (χ4n) is 1.58. The van der Waals surface area contributed by atoms with Crippen molar-refractivity contribution in [2.24, 2.45) is 0 Å². The van der Waals surface area contributed by atoms with E-state index in [1.54, 1.807) is 24.3 Å². The molecule has 0 amide bonds. The van der Waals surface area contributed by atoms with Crippen molar-refractivity contribution in [1.29, 1.82) is 0 Å². The first-order valence-electron chi connectivity index (χ1n) is 5.88. The highest BCUT2D eigenvalue weighted by Crippen LogP contribution is 2.33. The summed E-state index contributed by atoms with van der Waals surface area (Å²) >= 11 is 2.82. The van der Waals surface area contributed by atoms with Crippen molar-refractivity contribution in [3.05, 3.63) is 34.0 Å². The van der Waals surface area contributed by atoms with Crippen LogP contribution in [0.4, 0.5) is 0 Å². The van der Waals surface area contributed by atoms with Crippen LogP contribution in [0.25, 0.3) is 9.75 Å². The van der Waals surface area contributed by atoms with Crippen LogP contribution in [0.5, 0.6) is 0 Å². The molecule has 0 aliphatic rings. The highest BCUT2D eigenvalue weighted by Gasteiger charge is 2.23. The third kappa shape index (κ3) is 3.05. The van der Waals surface area contributed by atoms with Crippen LogP contribution < -0.4 is 0 Å². The molecule has 0 aliphatic heterocycles. The number of ketones is 2. The number of carbonyl (C=O) groups is 2. The van der Waals surface area contributed by atoms with Gasteiger partial charge < -0.3 is 5.11 Å². The first kappa shape index (κ1) is 14.7. The fourth-order valence-corrected chi connectivity index (χ4v) is 3.55. The summed E-state index contributed by atoms with van der Waals surface area (Å²) in [6.07, 6.45) is -1.56. The number of hydrogen-bond donors (Lipinski definition) is 1. The molecule has 0 saturated carbocycles. The lowest BCUT2D eigenvalue weighted by Crippen LogP contribution is -2.27. The molecule has 102 valence electrons. The summed E-state index contributed by atoms with van der Waals surface area (Å²) < 4.78 is 0. The number of aliphatic hydroxyl groups excluding tert-OH is 1. The van der Waals surface area contributed by atoms with E-state index in [1.807, 2.05) is 18.2 Å². The molecule has 0 aromatic carbocycles. The van der Waals surface area contributed by atoms with E-state index < -0.39 is 17.7 Å². The molecule has 1 atom stereocenters. The van der Waals surface area contributed by atoms with Crippen molar-refractivity contribution >= 4 is 34.2 Å². The van der Waals surface area contributed by atoms with E-state index in [2.05, 4.69) is 11.8 Å². The van der Waals surface area contributed by atoms with E-state index in [4.69, 9.17) is 0 Å². The highest BCUT2D eigenvalue weighted by molar-refractivity contribution is 7.23. The summed E-state index contributed by atoms with van der Waals surface area (Å²) in [4.78, 5) is 26.2. The number of hydrogen-bond acceptors (Lipinski definition) is 5. The lowest BCUT2D eigenvalue weighted by Gasteiger charge is -2.02. The number of carbonyl (C=O) groups excluding carboxylic acids is 2. The van der Waals surface area contributed by atoms with Gasteiger partial charge in [-0.1, -0.05) is 5.92 Å². The first-order chi connectivity index (χ1) is 9.52. The minimum Gasteiger partial charge on any atom is -0.377 e. The second kappa shape index (κ2) is 6.14. The molecule has 0 saturated heterocycles. The van der Waals surface area contributed by atoms with Gasteiger partial charge in [-0.25, -0.2) is 0 Å². The Labute approximate surface area is 124 Å². The monoisotopic (exact) mass is 304 g/mol. The average molecular weight is 304 g/mol. The van der Waals surface area contributed by atoms with E-state index in [1.165, 1.54) is 18.3 Å². The number of Topliss-reactive ketones (excluding diaryl/α,β-unsaturated/α-hetero) is 2. The summed E-state index contributed by atoms with van der Waals surface area (Å²) in [5.74, 6) is 4.74. The molecule has 0 fully saturated rings. The minimum atomic E-state index is -1.56. The summed E-state index contributed by atoms with van der Waals surface area (Å²) in [7, 11) is 0. The van der Waals surface area contributed by atoms with Gasteiger partial charge in [-0.3, -0.25) is 9.59 Å². The fraction of sp³-hybridized carbons (Fsp3) is 0.200. The van der Waals surface area contributed by atoms with Crippen molar-refractivity contribution in [3.8, 4) is 21.6 Å². The molecule has 1 unspecified atom stereocenters. The summed E-state index contributed by atoms with van der Waals surface area (Å²) in [5.41, 5.74) is 0. The van der Waals surface area contributed by atoms with Crippen LogP contribution in [-0.2, 0) is 4.79 Å². The van der Waals surface area contributed by atoms with Gasteiger partial charge in [0.2, 0.25) is 5.78 Å². The molecule has 3 nitrogen and oxygen atoms in total. The Bertz CT molecular complexity index is 713. The quantitative estimate of drug-likeness (QED) is 0.537. The highest BCUT2D eigenvalue weighted by atomic mass is 32.1. The summed E-state index contributed by atoms with van der Waals surface area (Å²) in [5, 5.41) is 9.49. The van der Waals surface area contributed by atoms with Gasteiger partial charge in [0, 0.05) is 9.75 Å². The lowest BCUT2D eigenvalue weighted by molar-refractivity contribution is -0.122. The van der Waals surface area contributed by atoms with E-state index >= 15 is 0 Å². The molecular formula is C15H12O3S2. The molecule has 2 aromatic rings. The minimum absolute atomic E-state index is 0.388. The van der Waals surface area contributed by atoms with Crippen molar-refractivity contribution in [1.82, 2.24) is 0 Å². The average Bonchev–Trinajstić information content (AvgIpc) is 3.05. The maximum Gasteiger partial charge on any atom is 0.208 e. The largest absolute Gasteiger partial charge is 0.377 e. The van der Waals surface area contributed by atoms with E-state index in [9.17, 15) is 14.7 Å². The molecule has 2 rings (SSSR count). The van der Waals surface area contributed by atoms with Gasteiger partial charge in [-0.15, -0.1) is 28.6 Å². The third-order valence-electron chi connectivity index (χ3n) is 2.58. The van der Waals surface area contributed by atoms with Crippen LogP contribution in [0.1, 0.15) is 28.4 Å². The number of rotatable bonds is 4. The standard InChI is InChI=1S/C15H12O3S2/c1-3-4-10-5-6-11(19-10)12-7-8-13(20-12)15(18)14(17)9(2)16/h5-8,14,17H,1-2H3. The van der Waals surface area contributed by atoms with Gasteiger partial charge >= 0.3 is 0 Å². The molecular weight excluding hydrogens is 292 g/mol. The van der Waals surface area contributed by atoms with Gasteiger partial charge in [0.05, 0.1) is 9.75 Å². The number of thiophene rings is 2. The first-order valence-corrected chi connectivity index (χ1v) is 7.51. The van der Waals surface area contributed by atoms with Gasteiger partial charge in [-0.2, -0.15) is 0 Å². The SMILES string of the molecule is CC#Cc1ccc(-c2ccc(C(=O)C(O)C(C)=O)s2)s1. The topological polar surface area (TPSA) is 54.4 Å². The summed E-state index contributed by atoms with van der Waals surface area (Å²) in [6, 6.07) is 7.34. The normalized spacial score (nSPS) is 11.6. The van der Waals surface area contributed by atoms with Gasteiger partial charge in [-0.05, 0) is 38.1 Å². The second-order valence-corrected chi connectivity index (χ2v) is 6.25. The molecule has 0 aliphatic carbocycles. The Kier molecular flexibility index (Phi) is 4.50. The molecule has 2 heterocycles. The van der Waals surface area contributed by atoms with Crippen molar-refractivity contribution in [3.63, 3.8) is 0 Å². The van der Waals surface area contributed by atoms with Gasteiger partial charge in [0.15, 0.2) is 11.9 Å². The predicted octanol–water partition coefficient (Wildman–Crippen LogP) is 2.98. The molecule has 0 radical (unpaired) electrons. The van der Waals surface area contributed by atoms with Crippen LogP contribution in [0.2, 0.25) is 0 Å². The van der Waals surface area contributed by atoms with E-state index in [-0.39, 0.29) is 0 Å². The van der Waals surface area contributed by atoms with Crippen LogP contribution in [0.15, 0.2) is 24.3 Å². The molecule has 1 N–H and O–H groups in total. The van der Waals surface area contributed by atoms with Crippen LogP contribution in [-0.4, -0.2) is 22.8 Å². The maximum absolute atomic E-state index is 11.9. The van der Waals surface area contributed by atoms with Gasteiger partial charge in [0.1, 0.15) is 0 Å². The zero-order chi connectivity index (χ0) is 14.7. The van der Waals surface area contributed by atoms with Crippen molar-refractivity contribution in [2.75, 3.05) is 0 Å². The molecule has 0 spiro atoms. The van der Waals surface area contributed by atoms with Crippen LogP contribution in [0, 0.1) is 11.8 Å². The molecule has 2 aromatic heterocycles. The van der Waals surface area contributed by atoms with Crippen molar-refractivity contribution < 1.29 is 14.7 Å². The predicted molar refractivity (Wildman–Crippen MR) is 81.2 cm³/mol.